The van der Waals surface area contributed by atoms with Crippen molar-refractivity contribution in [2.45, 2.75) is 6.92 Å². The number of allylic oxidation sites excluding steroid dienone is 2. The highest BCUT2D eigenvalue weighted by molar-refractivity contribution is 9.12. The number of halogens is 1. The summed E-state index contributed by atoms with van der Waals surface area (Å²) >= 11 is 3.17. The van der Waals surface area contributed by atoms with Gasteiger partial charge in [0.15, 0.2) is 5.76 Å². The predicted octanol–water partition coefficient (Wildman–Crippen LogP) is 3.07. The third-order valence-corrected chi connectivity index (χ3v) is 2.67. The van der Waals surface area contributed by atoms with Gasteiger partial charge in [-0.15, -0.1) is 0 Å². The smallest absolute Gasteiger partial charge is 0.203 e. The molecule has 1 aromatic rings. The van der Waals surface area contributed by atoms with E-state index in [4.69, 9.17) is 4.89 Å². The molecule has 15 heavy (non-hydrogen) atoms. The Balaban J connectivity index is 2.91. The molecular weight excluding hydrogens is 260 g/mol. The Morgan fingerprint density at radius 2 is 1.87 bits per heavy atom. The molecule has 1 rings (SSSR count). The van der Waals surface area contributed by atoms with Crippen LogP contribution in [-0.2, 0) is 9.78 Å². The molecular formula is C11H11BrO3. The first-order chi connectivity index (χ1) is 7.16. The fourth-order valence-electron chi connectivity index (χ4n) is 1.04. The van der Waals surface area contributed by atoms with Crippen molar-refractivity contribution >= 4 is 21.7 Å². The fraction of sp³-hybridized carbons (Fsp3) is 0.182. The molecule has 0 aliphatic carbocycles. The largest absolute Gasteiger partial charge is 0.341 e. The molecule has 0 radical (unpaired) electrons. The van der Waals surface area contributed by atoms with Gasteiger partial charge in [0.05, 0.1) is 7.11 Å². The second kappa shape index (κ2) is 5.68. The van der Waals surface area contributed by atoms with Gasteiger partial charge < -0.3 is 4.89 Å². The van der Waals surface area contributed by atoms with Crippen LogP contribution in [0, 0.1) is 0 Å². The number of benzene rings is 1. The Morgan fingerprint density at radius 3 is 2.40 bits per heavy atom. The molecule has 0 aliphatic rings. The second-order valence-electron chi connectivity index (χ2n) is 2.82. The summed E-state index contributed by atoms with van der Waals surface area (Å²) in [6.45, 7) is 1.65. The van der Waals surface area contributed by atoms with Crippen LogP contribution in [0.15, 0.2) is 40.6 Å². The van der Waals surface area contributed by atoms with Gasteiger partial charge in [0.1, 0.15) is 4.48 Å². The first-order valence-electron chi connectivity index (χ1n) is 4.33. The van der Waals surface area contributed by atoms with E-state index in [1.165, 1.54) is 7.11 Å². The zero-order valence-corrected chi connectivity index (χ0v) is 10.1. The van der Waals surface area contributed by atoms with Gasteiger partial charge in [-0.05, 0) is 22.9 Å². The van der Waals surface area contributed by atoms with Crippen LogP contribution in [0.3, 0.4) is 0 Å². The topological polar surface area (TPSA) is 35.5 Å². The summed E-state index contributed by atoms with van der Waals surface area (Å²) in [4.78, 5) is 21.0. The second-order valence-corrected chi connectivity index (χ2v) is 3.61. The van der Waals surface area contributed by atoms with E-state index in [1.807, 2.05) is 6.07 Å². The van der Waals surface area contributed by atoms with Crippen molar-refractivity contribution in [3.8, 4) is 0 Å². The highest BCUT2D eigenvalue weighted by atomic mass is 79.9. The number of rotatable bonds is 4. The van der Waals surface area contributed by atoms with Crippen LogP contribution >= 0.6 is 15.9 Å². The summed E-state index contributed by atoms with van der Waals surface area (Å²) in [5.41, 5.74) is 0.600. The highest BCUT2D eigenvalue weighted by Crippen LogP contribution is 2.18. The van der Waals surface area contributed by atoms with Crippen molar-refractivity contribution in [1.29, 1.82) is 0 Å². The average molecular weight is 271 g/mol. The molecule has 0 aromatic heterocycles. The van der Waals surface area contributed by atoms with E-state index < -0.39 is 0 Å². The first kappa shape index (κ1) is 11.9. The van der Waals surface area contributed by atoms with E-state index in [0.717, 1.165) is 0 Å². The number of carbonyl (C=O) groups excluding carboxylic acids is 1. The minimum Gasteiger partial charge on any atom is -0.341 e. The van der Waals surface area contributed by atoms with Gasteiger partial charge in [-0.25, -0.2) is 0 Å². The molecule has 0 saturated heterocycles. The van der Waals surface area contributed by atoms with Crippen molar-refractivity contribution in [1.82, 2.24) is 0 Å². The van der Waals surface area contributed by atoms with Crippen molar-refractivity contribution in [3.63, 3.8) is 0 Å². The van der Waals surface area contributed by atoms with Crippen molar-refractivity contribution < 1.29 is 14.6 Å². The van der Waals surface area contributed by atoms with Crippen molar-refractivity contribution in [2.75, 3.05) is 7.11 Å². The van der Waals surface area contributed by atoms with Crippen LogP contribution in [0.25, 0.3) is 0 Å². The van der Waals surface area contributed by atoms with Crippen LogP contribution < -0.4 is 0 Å². The lowest BCUT2D eigenvalue weighted by atomic mass is 10.1. The molecule has 0 saturated carbocycles. The summed E-state index contributed by atoms with van der Waals surface area (Å²) in [5.74, 6) is 0.261. The molecule has 0 atom stereocenters. The molecule has 3 nitrogen and oxygen atoms in total. The minimum absolute atomic E-state index is 0.134. The van der Waals surface area contributed by atoms with Gasteiger partial charge in [-0.1, -0.05) is 30.3 Å². The molecule has 0 unspecified atom stereocenters. The van der Waals surface area contributed by atoms with Crippen LogP contribution in [-0.4, -0.2) is 12.9 Å². The maximum absolute atomic E-state index is 11.8. The monoisotopic (exact) mass is 270 g/mol. The molecule has 0 fully saturated rings. The maximum Gasteiger partial charge on any atom is 0.203 e. The normalized spacial score (nSPS) is 11.9. The van der Waals surface area contributed by atoms with Crippen LogP contribution in [0.4, 0.5) is 0 Å². The number of hydrogen-bond donors (Lipinski definition) is 0. The molecule has 0 amide bonds. The Morgan fingerprint density at radius 1 is 1.27 bits per heavy atom. The standard InChI is InChI=1S/C11H11BrO3/c1-8(15-14-2)10(12)11(13)9-6-4-3-5-7-9/h3-7H,1-2H3/b10-8+. The fourth-order valence-corrected chi connectivity index (χ4v) is 1.33. The SMILES string of the molecule is COO/C(C)=C(/Br)C(=O)c1ccccc1. The van der Waals surface area contributed by atoms with Gasteiger partial charge in [0.2, 0.25) is 5.78 Å². The van der Waals surface area contributed by atoms with Crippen LogP contribution in [0.5, 0.6) is 0 Å². The van der Waals surface area contributed by atoms with Crippen LogP contribution in [0.2, 0.25) is 0 Å². The molecule has 1 aromatic carbocycles. The van der Waals surface area contributed by atoms with Gasteiger partial charge >= 0.3 is 0 Å². The van der Waals surface area contributed by atoms with Gasteiger partial charge in [-0.2, -0.15) is 4.89 Å². The van der Waals surface area contributed by atoms with Gasteiger partial charge in [-0.3, -0.25) is 4.79 Å². The Bertz CT molecular complexity index is 371. The van der Waals surface area contributed by atoms with Gasteiger partial charge in [0, 0.05) is 5.56 Å². The molecule has 0 aliphatic heterocycles. The van der Waals surface area contributed by atoms with Gasteiger partial charge in [0.25, 0.3) is 0 Å². The van der Waals surface area contributed by atoms with E-state index in [-0.39, 0.29) is 5.78 Å². The van der Waals surface area contributed by atoms with E-state index in [9.17, 15) is 4.79 Å². The number of hydrogen-bond acceptors (Lipinski definition) is 3. The summed E-state index contributed by atoms with van der Waals surface area (Å²) in [7, 11) is 1.39. The zero-order chi connectivity index (χ0) is 11.3. The van der Waals surface area contributed by atoms with Crippen LogP contribution in [0.1, 0.15) is 17.3 Å². The maximum atomic E-state index is 11.8. The van der Waals surface area contributed by atoms with E-state index in [2.05, 4.69) is 20.8 Å². The van der Waals surface area contributed by atoms with E-state index in [1.54, 1.807) is 31.2 Å². The van der Waals surface area contributed by atoms with E-state index in [0.29, 0.717) is 15.8 Å². The Kier molecular flexibility index (Phi) is 4.52. The quantitative estimate of drug-likeness (QED) is 0.277. The molecule has 0 heterocycles. The molecule has 0 bridgehead atoms. The summed E-state index contributed by atoms with van der Waals surface area (Å²) < 4.78 is 0.357. The third kappa shape index (κ3) is 3.18. The minimum atomic E-state index is -0.134. The predicted molar refractivity (Wildman–Crippen MR) is 60.5 cm³/mol. The highest BCUT2D eigenvalue weighted by Gasteiger charge is 2.13. The lowest BCUT2D eigenvalue weighted by Gasteiger charge is -2.04. The summed E-state index contributed by atoms with van der Waals surface area (Å²) in [6, 6.07) is 8.94. The number of Topliss-reactive ketones (excluding diaryl/α,β-unsaturated/α-hetero) is 1. The average Bonchev–Trinajstić information content (AvgIpc) is 2.28. The lowest BCUT2D eigenvalue weighted by Crippen LogP contribution is -2.02. The molecule has 80 valence electrons. The third-order valence-electron chi connectivity index (χ3n) is 1.75. The first-order valence-corrected chi connectivity index (χ1v) is 5.13. The molecule has 4 heteroatoms. The summed E-state index contributed by atoms with van der Waals surface area (Å²) in [5, 5.41) is 0. The van der Waals surface area contributed by atoms with Crippen molar-refractivity contribution in [3.05, 3.63) is 46.1 Å². The van der Waals surface area contributed by atoms with E-state index >= 15 is 0 Å². The zero-order valence-electron chi connectivity index (χ0n) is 8.49. The molecule has 0 spiro atoms. The number of carbonyl (C=O) groups is 1. The summed E-state index contributed by atoms with van der Waals surface area (Å²) in [6.07, 6.45) is 0. The molecule has 0 N–H and O–H groups in total. The Hall–Kier alpha value is -1.13. The Labute approximate surface area is 96.8 Å². The number of ketones is 1. The lowest BCUT2D eigenvalue weighted by molar-refractivity contribution is -0.236. The van der Waals surface area contributed by atoms with Crippen molar-refractivity contribution in [2.24, 2.45) is 0 Å².